The van der Waals surface area contributed by atoms with Crippen LogP contribution in [-0.2, 0) is 23.9 Å². The van der Waals surface area contributed by atoms with Crippen LogP contribution in [0, 0.1) is 11.8 Å². The molecule has 3 aliphatic rings. The molecule has 10 heteroatoms. The normalized spacial score (nSPS) is 33.4. The average molecular weight is 497 g/mol. The number of amides is 2. The standard InChI is InChI=1S/C21H25BrN2O7/c1-3-30-20(28)14-15-19(27)24(8-9-25)17(21(15)10-13(22)16(14)31-21)18(26)23-11-4-6-12(29-2)7-5-11/h4-7,13-17,25H,3,8-10H2,1-2H3,(H,23,26)/t13?,14-,15+,16-,17-,21+/m1/s1. The summed E-state index contributed by atoms with van der Waals surface area (Å²) in [7, 11) is 1.55. The van der Waals surface area contributed by atoms with Gasteiger partial charge in [0.2, 0.25) is 11.8 Å². The largest absolute Gasteiger partial charge is 0.497 e. The summed E-state index contributed by atoms with van der Waals surface area (Å²) in [6.07, 6.45) is -0.160. The van der Waals surface area contributed by atoms with Crippen molar-refractivity contribution in [1.29, 1.82) is 0 Å². The molecule has 3 heterocycles. The summed E-state index contributed by atoms with van der Waals surface area (Å²) in [5, 5.41) is 12.4. The number of fused-ring (bicyclic) bond motifs is 1. The number of carbonyl (C=O) groups is 3. The fraction of sp³-hybridized carbons (Fsp3) is 0.571. The molecule has 2 amide bonds. The van der Waals surface area contributed by atoms with Gasteiger partial charge in [0.15, 0.2) is 0 Å². The van der Waals surface area contributed by atoms with E-state index in [-0.39, 0.29) is 30.5 Å². The minimum Gasteiger partial charge on any atom is -0.497 e. The Bertz CT molecular complexity index is 879. The lowest BCUT2D eigenvalue weighted by Gasteiger charge is -2.33. The predicted molar refractivity (Wildman–Crippen MR) is 113 cm³/mol. The number of alkyl halides is 1. The fourth-order valence-corrected chi connectivity index (χ4v) is 6.11. The number of carbonyl (C=O) groups excluding carboxylic acids is 3. The molecule has 1 spiro atoms. The molecule has 0 aromatic heterocycles. The van der Waals surface area contributed by atoms with Crippen LogP contribution >= 0.6 is 15.9 Å². The predicted octanol–water partition coefficient (Wildman–Crippen LogP) is 0.937. The number of benzene rings is 1. The number of methoxy groups -OCH3 is 1. The number of halogens is 1. The summed E-state index contributed by atoms with van der Waals surface area (Å²) in [6, 6.07) is 5.83. The number of nitrogens with zero attached hydrogens (tertiary/aromatic N) is 1. The van der Waals surface area contributed by atoms with Gasteiger partial charge in [-0.25, -0.2) is 0 Å². The first-order valence-electron chi connectivity index (χ1n) is 10.2. The van der Waals surface area contributed by atoms with Crippen LogP contribution in [-0.4, -0.2) is 77.2 Å². The topological polar surface area (TPSA) is 114 Å². The van der Waals surface area contributed by atoms with Crippen molar-refractivity contribution < 1.29 is 33.7 Å². The van der Waals surface area contributed by atoms with E-state index in [4.69, 9.17) is 14.2 Å². The van der Waals surface area contributed by atoms with E-state index in [2.05, 4.69) is 21.2 Å². The lowest BCUT2D eigenvalue weighted by Crippen LogP contribution is -2.54. The van der Waals surface area contributed by atoms with Crippen LogP contribution in [0.2, 0.25) is 0 Å². The van der Waals surface area contributed by atoms with Crippen LogP contribution in [0.4, 0.5) is 5.69 Å². The van der Waals surface area contributed by atoms with Gasteiger partial charge in [0.25, 0.3) is 0 Å². The Morgan fingerprint density at radius 2 is 2.06 bits per heavy atom. The Morgan fingerprint density at radius 1 is 1.35 bits per heavy atom. The molecule has 6 atom stereocenters. The van der Waals surface area contributed by atoms with Crippen LogP contribution in [0.15, 0.2) is 24.3 Å². The highest BCUT2D eigenvalue weighted by atomic mass is 79.9. The number of likely N-dealkylation sites (tertiary alicyclic amines) is 1. The van der Waals surface area contributed by atoms with Crippen LogP contribution in [0.25, 0.3) is 0 Å². The molecule has 2 N–H and O–H groups in total. The van der Waals surface area contributed by atoms with Gasteiger partial charge in [0.05, 0.1) is 38.3 Å². The second-order valence-corrected chi connectivity index (χ2v) is 9.06. The molecular formula is C21H25BrN2O7. The lowest BCUT2D eigenvalue weighted by molar-refractivity contribution is -0.154. The monoisotopic (exact) mass is 496 g/mol. The highest BCUT2D eigenvalue weighted by molar-refractivity contribution is 9.09. The van der Waals surface area contributed by atoms with E-state index in [0.29, 0.717) is 17.9 Å². The summed E-state index contributed by atoms with van der Waals surface area (Å²) in [5.74, 6) is -2.29. The van der Waals surface area contributed by atoms with Gasteiger partial charge in [-0.1, -0.05) is 15.9 Å². The van der Waals surface area contributed by atoms with E-state index >= 15 is 0 Å². The fourth-order valence-electron chi connectivity index (χ4n) is 5.17. The van der Waals surface area contributed by atoms with E-state index in [1.165, 1.54) is 4.90 Å². The van der Waals surface area contributed by atoms with Crippen molar-refractivity contribution in [3.63, 3.8) is 0 Å². The number of rotatable bonds is 7. The maximum atomic E-state index is 13.4. The molecule has 0 saturated carbocycles. The van der Waals surface area contributed by atoms with Gasteiger partial charge in [-0.2, -0.15) is 0 Å². The van der Waals surface area contributed by atoms with Crippen LogP contribution in [0.1, 0.15) is 13.3 Å². The minimum absolute atomic E-state index is 0.0334. The number of aliphatic hydroxyl groups excluding tert-OH is 1. The van der Waals surface area contributed by atoms with E-state index in [9.17, 15) is 19.5 Å². The number of anilines is 1. The number of β-amino-alcohol motifs (C(OH)–C–C–N with tert-alkyl or cyclic N) is 1. The molecule has 3 aliphatic heterocycles. The van der Waals surface area contributed by atoms with Crippen molar-refractivity contribution >= 4 is 39.4 Å². The quantitative estimate of drug-likeness (QED) is 0.426. The maximum absolute atomic E-state index is 13.4. The third kappa shape index (κ3) is 3.41. The summed E-state index contributed by atoms with van der Waals surface area (Å²) < 4.78 is 16.6. The molecular weight excluding hydrogens is 472 g/mol. The molecule has 3 saturated heterocycles. The third-order valence-electron chi connectivity index (χ3n) is 6.29. The molecule has 0 aliphatic carbocycles. The van der Waals surface area contributed by atoms with Gasteiger partial charge >= 0.3 is 5.97 Å². The molecule has 1 aromatic rings. The zero-order valence-corrected chi connectivity index (χ0v) is 18.8. The van der Waals surface area contributed by atoms with Crippen molar-refractivity contribution in [2.75, 3.05) is 32.2 Å². The van der Waals surface area contributed by atoms with Crippen LogP contribution in [0.5, 0.6) is 5.75 Å². The van der Waals surface area contributed by atoms with Crippen molar-refractivity contribution in [2.24, 2.45) is 11.8 Å². The zero-order valence-electron chi connectivity index (χ0n) is 17.2. The zero-order chi connectivity index (χ0) is 22.3. The van der Waals surface area contributed by atoms with E-state index in [1.54, 1.807) is 38.3 Å². The molecule has 2 bridgehead atoms. The van der Waals surface area contributed by atoms with E-state index in [1.807, 2.05) is 0 Å². The van der Waals surface area contributed by atoms with Gasteiger partial charge < -0.3 is 29.5 Å². The number of nitrogens with one attached hydrogen (secondary N) is 1. The first kappa shape index (κ1) is 22.0. The van der Waals surface area contributed by atoms with Crippen LogP contribution < -0.4 is 10.1 Å². The summed E-state index contributed by atoms with van der Waals surface area (Å²) in [4.78, 5) is 40.6. The maximum Gasteiger partial charge on any atom is 0.312 e. The molecule has 0 radical (unpaired) electrons. The third-order valence-corrected chi connectivity index (χ3v) is 7.14. The van der Waals surface area contributed by atoms with Crippen LogP contribution in [0.3, 0.4) is 0 Å². The summed E-state index contributed by atoms with van der Waals surface area (Å²) >= 11 is 3.57. The minimum atomic E-state index is -1.17. The SMILES string of the molecule is CCOC(=O)[C@H]1[C@@H]2O[C@@]3(CC2Br)[C@@H]1C(=O)N(CCO)[C@@H]3C(=O)Nc1ccc(OC)cc1. The average Bonchev–Trinajstić information content (AvgIpc) is 3.33. The summed E-state index contributed by atoms with van der Waals surface area (Å²) in [5.41, 5.74) is -0.633. The second kappa shape index (κ2) is 8.40. The molecule has 31 heavy (non-hydrogen) atoms. The van der Waals surface area contributed by atoms with Gasteiger partial charge in [0, 0.05) is 17.1 Å². The molecule has 4 rings (SSSR count). The number of aliphatic hydroxyl groups is 1. The van der Waals surface area contributed by atoms with Gasteiger partial charge in [0.1, 0.15) is 17.4 Å². The molecule has 3 fully saturated rings. The molecule has 1 unspecified atom stereocenters. The lowest BCUT2D eigenvalue weighted by atomic mass is 9.70. The molecule has 168 valence electrons. The van der Waals surface area contributed by atoms with E-state index < -0.39 is 41.5 Å². The first-order chi connectivity index (χ1) is 14.9. The Balaban J connectivity index is 1.68. The number of ether oxygens (including phenoxy) is 3. The Labute approximate surface area is 188 Å². The summed E-state index contributed by atoms with van der Waals surface area (Å²) in [6.45, 7) is 1.54. The Morgan fingerprint density at radius 3 is 2.68 bits per heavy atom. The highest BCUT2D eigenvalue weighted by Crippen LogP contribution is 2.60. The molecule has 9 nitrogen and oxygen atoms in total. The van der Waals surface area contributed by atoms with Crippen molar-refractivity contribution in [3.8, 4) is 5.75 Å². The number of hydrogen-bond acceptors (Lipinski definition) is 7. The molecule has 1 aromatic carbocycles. The smallest absolute Gasteiger partial charge is 0.312 e. The van der Waals surface area contributed by atoms with E-state index in [0.717, 1.165) is 0 Å². The van der Waals surface area contributed by atoms with Gasteiger partial charge in [-0.15, -0.1) is 0 Å². The van der Waals surface area contributed by atoms with Crippen molar-refractivity contribution in [3.05, 3.63) is 24.3 Å². The van der Waals surface area contributed by atoms with Gasteiger partial charge in [-0.3, -0.25) is 14.4 Å². The van der Waals surface area contributed by atoms with Gasteiger partial charge in [-0.05, 0) is 37.6 Å². The second-order valence-electron chi connectivity index (χ2n) is 7.89. The highest BCUT2D eigenvalue weighted by Gasteiger charge is 2.76. The Hall–Kier alpha value is -2.17. The van der Waals surface area contributed by atoms with Crippen molar-refractivity contribution in [2.45, 2.75) is 35.9 Å². The van der Waals surface area contributed by atoms with Crippen molar-refractivity contribution in [1.82, 2.24) is 4.90 Å². The number of hydrogen-bond donors (Lipinski definition) is 2. The Kier molecular flexibility index (Phi) is 5.97. The first-order valence-corrected chi connectivity index (χ1v) is 11.1. The number of esters is 1.